The van der Waals surface area contributed by atoms with Gasteiger partial charge in [0.05, 0.1) is 23.3 Å². The molecule has 0 spiro atoms. The van der Waals surface area contributed by atoms with E-state index in [0.717, 1.165) is 34.8 Å². The monoisotopic (exact) mass is 523 g/mol. The topological polar surface area (TPSA) is 88.6 Å². The normalized spacial score (nSPS) is 16.3. The molecule has 36 heavy (non-hydrogen) atoms. The van der Waals surface area contributed by atoms with Crippen LogP contribution in [0.4, 0.5) is 17.6 Å². The lowest BCUT2D eigenvalue weighted by molar-refractivity contribution is -0.124. The molecule has 4 rings (SSSR count). The molecule has 1 aromatic heterocycles. The Bertz CT molecular complexity index is 1340. The zero-order chi connectivity index (χ0) is 25.9. The number of aromatic nitrogens is 1. The van der Waals surface area contributed by atoms with E-state index in [1.165, 1.54) is 30.3 Å². The van der Waals surface area contributed by atoms with Crippen LogP contribution >= 0.6 is 0 Å². The molecule has 1 amide bonds. The smallest absolute Gasteiger partial charge is 0.387 e. The Morgan fingerprint density at radius 2 is 1.81 bits per heavy atom. The standard InChI is InChI=1S/C24H21F4N3O4S/c25-16-5-9-19(10-6-16)36(33,34)31-11-1-2-22(31)23(32)30-13-17-12-20(21(26)14-29-17)15-3-7-18(8-4-15)35-24(27)28/h3-10,12,14,22,24H,1-2,11,13H2,(H,30,32). The van der Waals surface area contributed by atoms with Crippen LogP contribution < -0.4 is 10.1 Å². The second-order valence-electron chi connectivity index (χ2n) is 8.00. The SMILES string of the molecule is O=C(NCc1cc(-c2ccc(OC(F)F)cc2)c(F)cn1)C1CCCN1S(=O)(=O)c1ccc(F)cc1. The Morgan fingerprint density at radius 1 is 1.11 bits per heavy atom. The minimum absolute atomic E-state index is 0.0765. The van der Waals surface area contributed by atoms with Gasteiger partial charge in [0.1, 0.15) is 23.4 Å². The number of carbonyl (C=O) groups excluding carboxylic acids is 1. The summed E-state index contributed by atoms with van der Waals surface area (Å²) in [5, 5.41) is 2.64. The first-order valence-electron chi connectivity index (χ1n) is 10.9. The van der Waals surface area contributed by atoms with Gasteiger partial charge in [-0.3, -0.25) is 9.78 Å². The van der Waals surface area contributed by atoms with Crippen LogP contribution in [-0.4, -0.2) is 42.8 Å². The lowest BCUT2D eigenvalue weighted by Crippen LogP contribution is -2.45. The van der Waals surface area contributed by atoms with Crippen LogP contribution in [0, 0.1) is 11.6 Å². The second-order valence-corrected chi connectivity index (χ2v) is 9.89. The number of carbonyl (C=O) groups is 1. The molecule has 1 aliphatic rings. The summed E-state index contributed by atoms with van der Waals surface area (Å²) >= 11 is 0. The molecule has 190 valence electrons. The molecule has 1 fully saturated rings. The molecule has 12 heteroatoms. The van der Waals surface area contributed by atoms with Crippen molar-refractivity contribution in [1.29, 1.82) is 0 Å². The Morgan fingerprint density at radius 3 is 2.47 bits per heavy atom. The highest BCUT2D eigenvalue weighted by atomic mass is 32.2. The molecule has 0 saturated carbocycles. The summed E-state index contributed by atoms with van der Waals surface area (Å²) in [4.78, 5) is 16.7. The number of alkyl halides is 2. The molecule has 0 radical (unpaired) electrons. The third-order valence-corrected chi connectivity index (χ3v) is 7.60. The molecular weight excluding hydrogens is 502 g/mol. The molecular formula is C24H21F4N3O4S. The van der Waals surface area contributed by atoms with Crippen LogP contribution in [0.15, 0.2) is 65.7 Å². The molecule has 7 nitrogen and oxygen atoms in total. The van der Waals surface area contributed by atoms with E-state index in [4.69, 9.17) is 0 Å². The van der Waals surface area contributed by atoms with Crippen LogP contribution in [-0.2, 0) is 21.4 Å². The first-order valence-corrected chi connectivity index (χ1v) is 12.3. The number of benzene rings is 2. The van der Waals surface area contributed by atoms with E-state index in [0.29, 0.717) is 24.1 Å². The highest BCUT2D eigenvalue weighted by Gasteiger charge is 2.39. The third kappa shape index (κ3) is 5.65. The van der Waals surface area contributed by atoms with E-state index in [2.05, 4.69) is 15.0 Å². The first kappa shape index (κ1) is 25.6. The Balaban J connectivity index is 1.45. The number of pyridine rings is 1. The van der Waals surface area contributed by atoms with Crippen molar-refractivity contribution in [3.05, 3.63) is 78.1 Å². The van der Waals surface area contributed by atoms with E-state index in [9.17, 15) is 30.8 Å². The van der Waals surface area contributed by atoms with Gasteiger partial charge in [0, 0.05) is 12.1 Å². The highest BCUT2D eigenvalue weighted by Crippen LogP contribution is 2.28. The first-order chi connectivity index (χ1) is 17.1. The zero-order valence-electron chi connectivity index (χ0n) is 18.7. The average molecular weight is 524 g/mol. The van der Waals surface area contributed by atoms with Gasteiger partial charge in [0.2, 0.25) is 15.9 Å². The van der Waals surface area contributed by atoms with Crippen molar-refractivity contribution >= 4 is 15.9 Å². The number of nitrogens with one attached hydrogen (secondary N) is 1. The van der Waals surface area contributed by atoms with Gasteiger partial charge < -0.3 is 10.1 Å². The van der Waals surface area contributed by atoms with Crippen molar-refractivity contribution in [1.82, 2.24) is 14.6 Å². The van der Waals surface area contributed by atoms with Crippen LogP contribution in [0.3, 0.4) is 0 Å². The number of hydrogen-bond donors (Lipinski definition) is 1. The summed E-state index contributed by atoms with van der Waals surface area (Å²) in [5.41, 5.74) is 0.828. The van der Waals surface area contributed by atoms with Crippen LogP contribution in [0.2, 0.25) is 0 Å². The molecule has 2 aromatic carbocycles. The van der Waals surface area contributed by atoms with Gasteiger partial charge in [-0.2, -0.15) is 13.1 Å². The van der Waals surface area contributed by atoms with E-state index >= 15 is 0 Å². The van der Waals surface area contributed by atoms with Gasteiger partial charge in [-0.25, -0.2) is 17.2 Å². The fourth-order valence-corrected chi connectivity index (χ4v) is 5.60. The highest BCUT2D eigenvalue weighted by molar-refractivity contribution is 7.89. The summed E-state index contributed by atoms with van der Waals surface area (Å²) in [5.74, 6) is -1.85. The molecule has 0 aliphatic carbocycles. The number of ether oxygens (including phenoxy) is 1. The van der Waals surface area contributed by atoms with Crippen molar-refractivity contribution in [3.63, 3.8) is 0 Å². The second kappa shape index (κ2) is 10.6. The minimum Gasteiger partial charge on any atom is -0.435 e. The lowest BCUT2D eigenvalue weighted by Gasteiger charge is -2.23. The summed E-state index contributed by atoms with van der Waals surface area (Å²) < 4.78 is 83.6. The van der Waals surface area contributed by atoms with Crippen molar-refractivity contribution in [3.8, 4) is 16.9 Å². The molecule has 1 aliphatic heterocycles. The van der Waals surface area contributed by atoms with E-state index in [-0.39, 0.29) is 29.3 Å². The predicted molar refractivity (Wildman–Crippen MR) is 121 cm³/mol. The van der Waals surface area contributed by atoms with Crippen molar-refractivity contribution in [2.24, 2.45) is 0 Å². The number of rotatable bonds is 8. The maximum Gasteiger partial charge on any atom is 0.387 e. The maximum absolute atomic E-state index is 14.4. The summed E-state index contributed by atoms with van der Waals surface area (Å²) in [6.45, 7) is -2.94. The number of sulfonamides is 1. The quantitative estimate of drug-likeness (QED) is 0.450. The molecule has 2 heterocycles. The lowest BCUT2D eigenvalue weighted by atomic mass is 10.1. The van der Waals surface area contributed by atoms with Gasteiger partial charge in [-0.1, -0.05) is 12.1 Å². The fourth-order valence-electron chi connectivity index (χ4n) is 3.94. The van der Waals surface area contributed by atoms with Gasteiger partial charge in [0.25, 0.3) is 0 Å². The fraction of sp³-hybridized carbons (Fsp3) is 0.250. The molecule has 0 bridgehead atoms. The van der Waals surface area contributed by atoms with Crippen LogP contribution in [0.1, 0.15) is 18.5 Å². The van der Waals surface area contributed by atoms with Crippen LogP contribution in [0.25, 0.3) is 11.1 Å². The maximum atomic E-state index is 14.4. The largest absolute Gasteiger partial charge is 0.435 e. The Kier molecular flexibility index (Phi) is 7.55. The predicted octanol–water partition coefficient (Wildman–Crippen LogP) is 4.10. The molecule has 1 N–H and O–H groups in total. The van der Waals surface area contributed by atoms with Crippen molar-refractivity contribution < 1.29 is 35.5 Å². The molecule has 3 aromatic rings. The Labute approximate surface area is 204 Å². The number of hydrogen-bond acceptors (Lipinski definition) is 5. The van der Waals surface area contributed by atoms with Gasteiger partial charge >= 0.3 is 6.61 Å². The van der Waals surface area contributed by atoms with Gasteiger partial charge in [0.15, 0.2) is 0 Å². The average Bonchev–Trinajstić information content (AvgIpc) is 3.35. The number of amides is 1. The van der Waals surface area contributed by atoms with Gasteiger partial charge in [-0.05, 0) is 60.9 Å². The summed E-state index contributed by atoms with van der Waals surface area (Å²) in [6, 6.07) is 10.2. The number of nitrogens with zero attached hydrogens (tertiary/aromatic N) is 2. The van der Waals surface area contributed by atoms with E-state index in [1.54, 1.807) is 0 Å². The molecule has 1 saturated heterocycles. The number of halogens is 4. The molecule has 1 atom stereocenters. The van der Waals surface area contributed by atoms with Crippen molar-refractivity contribution in [2.45, 2.75) is 36.9 Å². The summed E-state index contributed by atoms with van der Waals surface area (Å²) in [7, 11) is -4.01. The molecule has 1 unspecified atom stereocenters. The third-order valence-electron chi connectivity index (χ3n) is 5.67. The van der Waals surface area contributed by atoms with Crippen molar-refractivity contribution in [2.75, 3.05) is 6.54 Å². The minimum atomic E-state index is -4.01. The zero-order valence-corrected chi connectivity index (χ0v) is 19.5. The summed E-state index contributed by atoms with van der Waals surface area (Å²) in [6.07, 6.45) is 1.76. The van der Waals surface area contributed by atoms with Crippen LogP contribution in [0.5, 0.6) is 5.75 Å². The van der Waals surface area contributed by atoms with Gasteiger partial charge in [-0.15, -0.1) is 0 Å². The van der Waals surface area contributed by atoms with E-state index in [1.807, 2.05) is 0 Å². The van der Waals surface area contributed by atoms with E-state index < -0.39 is 40.2 Å². The Hall–Kier alpha value is -3.51.